The molecular formula is C15H18FNO3. The van der Waals surface area contributed by atoms with Crippen LogP contribution in [0.15, 0.2) is 30.3 Å². The summed E-state index contributed by atoms with van der Waals surface area (Å²) in [6.07, 6.45) is 4.63. The Hall–Kier alpha value is -2.17. The molecule has 0 saturated carbocycles. The van der Waals surface area contributed by atoms with E-state index >= 15 is 0 Å². The van der Waals surface area contributed by atoms with Crippen LogP contribution in [-0.2, 0) is 9.59 Å². The lowest BCUT2D eigenvalue weighted by Gasteiger charge is -2.12. The van der Waals surface area contributed by atoms with Gasteiger partial charge >= 0.3 is 5.97 Å². The Kier molecular flexibility index (Phi) is 6.43. The summed E-state index contributed by atoms with van der Waals surface area (Å²) in [5.41, 5.74) is 0.542. The fourth-order valence-corrected chi connectivity index (χ4v) is 1.67. The molecule has 1 unspecified atom stereocenters. The van der Waals surface area contributed by atoms with Gasteiger partial charge in [0.05, 0.1) is 0 Å². The quantitative estimate of drug-likeness (QED) is 0.754. The van der Waals surface area contributed by atoms with Gasteiger partial charge in [-0.3, -0.25) is 4.79 Å². The van der Waals surface area contributed by atoms with Crippen molar-refractivity contribution in [2.75, 3.05) is 0 Å². The van der Waals surface area contributed by atoms with Crippen LogP contribution in [0.25, 0.3) is 6.08 Å². The zero-order valence-electron chi connectivity index (χ0n) is 11.3. The molecule has 0 bridgehead atoms. The van der Waals surface area contributed by atoms with Crippen LogP contribution in [-0.4, -0.2) is 23.0 Å². The molecule has 2 N–H and O–H groups in total. The Morgan fingerprint density at radius 2 is 2.20 bits per heavy atom. The molecule has 1 rings (SSSR count). The molecule has 0 saturated heterocycles. The Labute approximate surface area is 117 Å². The fraction of sp³-hybridized carbons (Fsp3) is 0.333. The standard InChI is InChI=1S/C15H18FNO3/c1-2-3-7-13(15(19)20)17-14(18)9-8-11-5-4-6-12(16)10-11/h4-6,8-10,13H,2-3,7H2,1H3,(H,17,18)(H,19,20)/b9-8+. The van der Waals surface area contributed by atoms with Crippen molar-refractivity contribution in [3.63, 3.8) is 0 Å². The van der Waals surface area contributed by atoms with Crippen molar-refractivity contribution in [1.82, 2.24) is 5.32 Å². The number of benzene rings is 1. The lowest BCUT2D eigenvalue weighted by atomic mass is 10.1. The number of halogens is 1. The topological polar surface area (TPSA) is 66.4 Å². The number of hydrogen-bond acceptors (Lipinski definition) is 2. The van der Waals surface area contributed by atoms with Crippen LogP contribution >= 0.6 is 0 Å². The molecule has 4 nitrogen and oxygen atoms in total. The van der Waals surface area contributed by atoms with Gasteiger partial charge in [0.2, 0.25) is 5.91 Å². The maximum Gasteiger partial charge on any atom is 0.326 e. The molecule has 0 aliphatic carbocycles. The van der Waals surface area contributed by atoms with Crippen molar-refractivity contribution in [3.05, 3.63) is 41.7 Å². The molecule has 1 atom stereocenters. The predicted molar refractivity (Wildman–Crippen MR) is 74.5 cm³/mol. The van der Waals surface area contributed by atoms with Gasteiger partial charge in [-0.2, -0.15) is 0 Å². The molecule has 0 spiro atoms. The maximum absolute atomic E-state index is 12.9. The van der Waals surface area contributed by atoms with E-state index in [9.17, 15) is 14.0 Å². The van der Waals surface area contributed by atoms with E-state index in [1.54, 1.807) is 6.07 Å². The van der Waals surface area contributed by atoms with E-state index in [0.717, 1.165) is 12.8 Å². The number of hydrogen-bond donors (Lipinski definition) is 2. The molecule has 0 radical (unpaired) electrons. The first-order valence-corrected chi connectivity index (χ1v) is 6.50. The zero-order valence-corrected chi connectivity index (χ0v) is 11.3. The third kappa shape index (κ3) is 5.65. The minimum atomic E-state index is -1.05. The minimum Gasteiger partial charge on any atom is -0.480 e. The predicted octanol–water partition coefficient (Wildman–Crippen LogP) is 2.60. The number of aliphatic carboxylic acids is 1. The highest BCUT2D eigenvalue weighted by atomic mass is 19.1. The molecule has 0 aromatic heterocycles. The van der Waals surface area contributed by atoms with Crippen molar-refractivity contribution >= 4 is 18.0 Å². The Balaban J connectivity index is 2.59. The smallest absolute Gasteiger partial charge is 0.326 e. The molecule has 1 aromatic carbocycles. The zero-order chi connectivity index (χ0) is 15.0. The summed E-state index contributed by atoms with van der Waals surface area (Å²) in [7, 11) is 0. The summed E-state index contributed by atoms with van der Waals surface area (Å²) in [4.78, 5) is 22.6. The van der Waals surface area contributed by atoms with Gasteiger partial charge in [0.1, 0.15) is 11.9 Å². The highest BCUT2D eigenvalue weighted by molar-refractivity contribution is 5.94. The van der Waals surface area contributed by atoms with Gasteiger partial charge in [-0.25, -0.2) is 9.18 Å². The molecule has 108 valence electrons. The number of carboxylic acids is 1. The van der Waals surface area contributed by atoms with Crippen LogP contribution in [0.3, 0.4) is 0 Å². The van der Waals surface area contributed by atoms with E-state index in [1.807, 2.05) is 6.92 Å². The fourth-order valence-electron chi connectivity index (χ4n) is 1.67. The van der Waals surface area contributed by atoms with Crippen LogP contribution in [0, 0.1) is 5.82 Å². The van der Waals surface area contributed by atoms with E-state index in [2.05, 4.69) is 5.32 Å². The normalized spacial score (nSPS) is 12.3. The summed E-state index contributed by atoms with van der Waals surface area (Å²) < 4.78 is 12.9. The van der Waals surface area contributed by atoms with Crippen LogP contribution in [0.5, 0.6) is 0 Å². The van der Waals surface area contributed by atoms with E-state index in [1.165, 1.54) is 30.4 Å². The second-order valence-electron chi connectivity index (χ2n) is 4.43. The van der Waals surface area contributed by atoms with Crippen molar-refractivity contribution < 1.29 is 19.1 Å². The Morgan fingerprint density at radius 3 is 2.80 bits per heavy atom. The maximum atomic E-state index is 12.9. The first-order chi connectivity index (χ1) is 9.52. The molecule has 0 fully saturated rings. The number of rotatable bonds is 7. The van der Waals surface area contributed by atoms with Crippen molar-refractivity contribution in [2.24, 2.45) is 0 Å². The summed E-state index contributed by atoms with van der Waals surface area (Å²) in [5.74, 6) is -1.94. The number of carboxylic acid groups (broad SMARTS) is 1. The van der Waals surface area contributed by atoms with Crippen LogP contribution < -0.4 is 5.32 Å². The van der Waals surface area contributed by atoms with E-state index in [0.29, 0.717) is 12.0 Å². The average Bonchev–Trinajstić information content (AvgIpc) is 2.41. The molecule has 20 heavy (non-hydrogen) atoms. The summed E-state index contributed by atoms with van der Waals surface area (Å²) in [5, 5.41) is 11.4. The van der Waals surface area contributed by atoms with Gasteiger partial charge in [0, 0.05) is 6.08 Å². The van der Waals surface area contributed by atoms with Crippen molar-refractivity contribution in [3.8, 4) is 0 Å². The van der Waals surface area contributed by atoms with Gasteiger partial charge in [0.25, 0.3) is 0 Å². The highest BCUT2D eigenvalue weighted by Gasteiger charge is 2.17. The molecule has 1 aromatic rings. The number of unbranched alkanes of at least 4 members (excludes halogenated alkanes) is 1. The van der Waals surface area contributed by atoms with Gasteiger partial charge < -0.3 is 10.4 Å². The van der Waals surface area contributed by atoms with E-state index in [4.69, 9.17) is 5.11 Å². The SMILES string of the molecule is CCCCC(NC(=O)/C=C/c1cccc(F)c1)C(=O)O. The second-order valence-corrected chi connectivity index (χ2v) is 4.43. The lowest BCUT2D eigenvalue weighted by Crippen LogP contribution is -2.39. The van der Waals surface area contributed by atoms with Crippen molar-refractivity contribution in [1.29, 1.82) is 0 Å². The monoisotopic (exact) mass is 279 g/mol. The molecule has 0 aliphatic rings. The second kappa shape index (κ2) is 8.09. The lowest BCUT2D eigenvalue weighted by molar-refractivity contribution is -0.141. The third-order valence-corrected chi connectivity index (χ3v) is 2.74. The number of carbonyl (C=O) groups is 2. The largest absolute Gasteiger partial charge is 0.480 e. The molecule has 0 aliphatic heterocycles. The van der Waals surface area contributed by atoms with Gasteiger partial charge in [0.15, 0.2) is 0 Å². The Bertz CT molecular complexity index is 500. The van der Waals surface area contributed by atoms with Gasteiger partial charge in [-0.05, 0) is 30.2 Å². The number of amides is 1. The Morgan fingerprint density at radius 1 is 1.45 bits per heavy atom. The van der Waals surface area contributed by atoms with Crippen LogP contribution in [0.4, 0.5) is 4.39 Å². The summed E-state index contributed by atoms with van der Waals surface area (Å²) >= 11 is 0. The van der Waals surface area contributed by atoms with E-state index in [-0.39, 0.29) is 5.82 Å². The van der Waals surface area contributed by atoms with E-state index < -0.39 is 17.9 Å². The third-order valence-electron chi connectivity index (χ3n) is 2.74. The highest BCUT2D eigenvalue weighted by Crippen LogP contribution is 2.05. The minimum absolute atomic E-state index is 0.390. The van der Waals surface area contributed by atoms with Gasteiger partial charge in [-0.15, -0.1) is 0 Å². The molecule has 5 heteroatoms. The average molecular weight is 279 g/mol. The van der Waals surface area contributed by atoms with Crippen LogP contribution in [0.2, 0.25) is 0 Å². The molecular weight excluding hydrogens is 261 g/mol. The molecule has 0 heterocycles. The molecule has 1 amide bonds. The first kappa shape index (κ1) is 15.9. The first-order valence-electron chi connectivity index (χ1n) is 6.50. The summed E-state index contributed by atoms with van der Waals surface area (Å²) in [6.45, 7) is 1.95. The van der Waals surface area contributed by atoms with Gasteiger partial charge in [-0.1, -0.05) is 31.9 Å². The van der Waals surface area contributed by atoms with Crippen molar-refractivity contribution in [2.45, 2.75) is 32.2 Å². The summed E-state index contributed by atoms with van der Waals surface area (Å²) in [6, 6.07) is 4.89. The number of carbonyl (C=O) groups excluding carboxylic acids is 1. The number of nitrogens with one attached hydrogen (secondary N) is 1. The van der Waals surface area contributed by atoms with Crippen LogP contribution in [0.1, 0.15) is 31.7 Å².